The summed E-state index contributed by atoms with van der Waals surface area (Å²) in [7, 11) is 0. The van der Waals surface area contributed by atoms with E-state index >= 15 is 0 Å². The number of aromatic amines is 1. The fraction of sp³-hybridized carbons (Fsp3) is 0.238. The van der Waals surface area contributed by atoms with Crippen molar-refractivity contribution in [2.24, 2.45) is 5.92 Å². The summed E-state index contributed by atoms with van der Waals surface area (Å²) >= 11 is 0. The van der Waals surface area contributed by atoms with Crippen LogP contribution in [0.5, 0.6) is 0 Å². The predicted octanol–water partition coefficient (Wildman–Crippen LogP) is 3.33. The van der Waals surface area contributed by atoms with E-state index in [0.717, 1.165) is 22.3 Å². The summed E-state index contributed by atoms with van der Waals surface area (Å²) in [4.78, 5) is 21.3. The Morgan fingerprint density at radius 2 is 2.07 bits per heavy atom. The molecule has 0 fully saturated rings. The Balaban J connectivity index is 1.49. The second kappa shape index (κ2) is 7.64. The molecule has 0 unspecified atom stereocenters. The van der Waals surface area contributed by atoms with Crippen molar-refractivity contribution >= 4 is 16.9 Å². The molecule has 142 valence electrons. The van der Waals surface area contributed by atoms with E-state index in [1.807, 2.05) is 41.0 Å². The number of carbonyl (C=O) groups excluding carboxylic acids is 1. The molecule has 0 saturated heterocycles. The average molecular weight is 374 g/mol. The lowest BCUT2D eigenvalue weighted by Gasteiger charge is -2.22. The van der Waals surface area contributed by atoms with Crippen molar-refractivity contribution in [2.45, 2.75) is 26.4 Å². The average Bonchev–Trinajstić information content (AvgIpc) is 3.34. The Bertz CT molecular complexity index is 1080. The Morgan fingerprint density at radius 1 is 1.21 bits per heavy atom. The lowest BCUT2D eigenvalue weighted by atomic mass is 9.97. The fourth-order valence-electron chi connectivity index (χ4n) is 3.29. The van der Waals surface area contributed by atoms with E-state index in [2.05, 4.69) is 39.3 Å². The van der Waals surface area contributed by atoms with Crippen LogP contribution in [0.2, 0.25) is 0 Å². The Labute approximate surface area is 162 Å². The molecule has 0 radical (unpaired) electrons. The number of nitrogens with zero attached hydrogens (tertiary/aromatic N) is 4. The molecule has 4 aromatic rings. The molecule has 7 heteroatoms. The van der Waals surface area contributed by atoms with E-state index in [0.29, 0.717) is 12.2 Å². The maximum atomic E-state index is 12.7. The van der Waals surface area contributed by atoms with Crippen molar-refractivity contribution in [1.29, 1.82) is 0 Å². The second-order valence-electron chi connectivity index (χ2n) is 7.12. The first-order valence-corrected chi connectivity index (χ1v) is 9.27. The third kappa shape index (κ3) is 3.64. The van der Waals surface area contributed by atoms with E-state index in [1.165, 1.54) is 0 Å². The third-order valence-corrected chi connectivity index (χ3v) is 4.73. The van der Waals surface area contributed by atoms with Gasteiger partial charge >= 0.3 is 0 Å². The standard InChI is InChI=1S/C21H22N6O/c1-14(2)20(15-6-5-9-22-11-15)24-21(28)18-10-16(25-26-18)12-27-13-23-17-7-3-4-8-19(17)27/h3-11,13-14,20H,12H2,1-2H3,(H,24,28)(H,25,26)/t20-/m0/s1. The molecule has 28 heavy (non-hydrogen) atoms. The van der Waals surface area contributed by atoms with Gasteiger partial charge in [0.1, 0.15) is 5.69 Å². The van der Waals surface area contributed by atoms with E-state index < -0.39 is 0 Å². The molecule has 0 saturated carbocycles. The number of benzene rings is 1. The van der Waals surface area contributed by atoms with Crippen LogP contribution >= 0.6 is 0 Å². The number of hydrogen-bond acceptors (Lipinski definition) is 4. The third-order valence-electron chi connectivity index (χ3n) is 4.73. The first-order chi connectivity index (χ1) is 13.6. The van der Waals surface area contributed by atoms with Gasteiger partial charge in [-0.2, -0.15) is 5.10 Å². The van der Waals surface area contributed by atoms with Gasteiger partial charge in [-0.1, -0.05) is 32.0 Å². The monoisotopic (exact) mass is 374 g/mol. The van der Waals surface area contributed by atoms with Gasteiger partial charge in [0.25, 0.3) is 5.91 Å². The molecule has 4 rings (SSSR count). The molecular formula is C21H22N6O. The van der Waals surface area contributed by atoms with Crippen LogP contribution in [0, 0.1) is 5.92 Å². The topological polar surface area (TPSA) is 88.5 Å². The SMILES string of the molecule is CC(C)[C@H](NC(=O)c1cc(Cn2cnc3ccccc32)[nH]n1)c1cccnc1. The summed E-state index contributed by atoms with van der Waals surface area (Å²) in [6.07, 6.45) is 5.30. The molecule has 0 aliphatic heterocycles. The lowest BCUT2D eigenvalue weighted by molar-refractivity contribution is 0.0920. The highest BCUT2D eigenvalue weighted by Crippen LogP contribution is 2.21. The zero-order valence-corrected chi connectivity index (χ0v) is 15.8. The van der Waals surface area contributed by atoms with Gasteiger partial charge in [-0.05, 0) is 35.7 Å². The highest BCUT2D eigenvalue weighted by molar-refractivity contribution is 5.92. The number of nitrogens with one attached hydrogen (secondary N) is 2. The van der Waals surface area contributed by atoms with Crippen LogP contribution in [0.1, 0.15) is 41.6 Å². The molecule has 3 heterocycles. The van der Waals surface area contributed by atoms with E-state index in [1.54, 1.807) is 24.8 Å². The minimum atomic E-state index is -0.208. The van der Waals surface area contributed by atoms with Crippen LogP contribution in [0.3, 0.4) is 0 Å². The van der Waals surface area contributed by atoms with Crippen LogP contribution in [0.25, 0.3) is 11.0 Å². The number of pyridine rings is 1. The highest BCUT2D eigenvalue weighted by Gasteiger charge is 2.21. The van der Waals surface area contributed by atoms with Crippen molar-refractivity contribution in [3.63, 3.8) is 0 Å². The Morgan fingerprint density at radius 3 is 2.86 bits per heavy atom. The van der Waals surface area contributed by atoms with Gasteiger partial charge in [-0.15, -0.1) is 0 Å². The lowest BCUT2D eigenvalue weighted by Crippen LogP contribution is -2.32. The molecule has 1 atom stereocenters. The van der Waals surface area contributed by atoms with Gasteiger partial charge in [0, 0.05) is 12.4 Å². The summed E-state index contributed by atoms with van der Waals surface area (Å²) in [5.74, 6) is 0.0180. The maximum Gasteiger partial charge on any atom is 0.272 e. The van der Waals surface area contributed by atoms with Crippen molar-refractivity contribution < 1.29 is 4.79 Å². The van der Waals surface area contributed by atoms with Crippen molar-refractivity contribution in [3.8, 4) is 0 Å². The minimum Gasteiger partial charge on any atom is -0.344 e. The molecule has 0 spiro atoms. The zero-order chi connectivity index (χ0) is 19.5. The number of rotatable bonds is 6. The van der Waals surface area contributed by atoms with Gasteiger partial charge in [0.05, 0.1) is 35.6 Å². The molecule has 7 nitrogen and oxygen atoms in total. The van der Waals surface area contributed by atoms with Crippen LogP contribution in [0.15, 0.2) is 61.2 Å². The number of para-hydroxylation sites is 2. The van der Waals surface area contributed by atoms with Crippen molar-refractivity contribution in [3.05, 3.63) is 78.1 Å². The number of H-pyrrole nitrogens is 1. The Hall–Kier alpha value is -3.48. The normalized spacial score (nSPS) is 12.4. The highest BCUT2D eigenvalue weighted by atomic mass is 16.2. The number of aromatic nitrogens is 5. The molecular weight excluding hydrogens is 352 g/mol. The van der Waals surface area contributed by atoms with Crippen LogP contribution in [-0.2, 0) is 6.54 Å². The van der Waals surface area contributed by atoms with Crippen LogP contribution in [0.4, 0.5) is 0 Å². The van der Waals surface area contributed by atoms with E-state index in [4.69, 9.17) is 0 Å². The number of carbonyl (C=O) groups is 1. The zero-order valence-electron chi connectivity index (χ0n) is 15.8. The molecule has 0 aliphatic carbocycles. The smallest absolute Gasteiger partial charge is 0.272 e. The largest absolute Gasteiger partial charge is 0.344 e. The van der Waals surface area contributed by atoms with Gasteiger partial charge in [-0.25, -0.2) is 4.98 Å². The molecule has 0 aliphatic rings. The summed E-state index contributed by atoms with van der Waals surface area (Å²) in [5.41, 5.74) is 4.17. The Kier molecular flexibility index (Phi) is 4.89. The van der Waals surface area contributed by atoms with E-state index in [9.17, 15) is 4.79 Å². The second-order valence-corrected chi connectivity index (χ2v) is 7.12. The molecule has 0 bridgehead atoms. The summed E-state index contributed by atoms with van der Waals surface area (Å²) < 4.78 is 2.02. The molecule has 3 aromatic heterocycles. The number of imidazole rings is 1. The fourth-order valence-corrected chi connectivity index (χ4v) is 3.29. The van der Waals surface area contributed by atoms with Crippen molar-refractivity contribution in [2.75, 3.05) is 0 Å². The molecule has 1 aromatic carbocycles. The molecule has 2 N–H and O–H groups in total. The first-order valence-electron chi connectivity index (χ1n) is 9.27. The number of fused-ring (bicyclic) bond motifs is 1. The van der Waals surface area contributed by atoms with Gasteiger partial charge in [0.2, 0.25) is 0 Å². The van der Waals surface area contributed by atoms with E-state index in [-0.39, 0.29) is 17.9 Å². The first kappa shape index (κ1) is 17.9. The predicted molar refractivity (Wildman–Crippen MR) is 107 cm³/mol. The number of amides is 1. The van der Waals surface area contributed by atoms with Crippen LogP contribution in [-0.4, -0.2) is 30.6 Å². The molecule has 1 amide bonds. The van der Waals surface area contributed by atoms with Gasteiger partial charge < -0.3 is 9.88 Å². The van der Waals surface area contributed by atoms with Gasteiger partial charge in [0.15, 0.2) is 0 Å². The summed E-state index contributed by atoms with van der Waals surface area (Å²) in [6, 6.07) is 13.4. The van der Waals surface area contributed by atoms with Gasteiger partial charge in [-0.3, -0.25) is 14.9 Å². The quantitative estimate of drug-likeness (QED) is 0.542. The minimum absolute atomic E-state index is 0.126. The van der Waals surface area contributed by atoms with Crippen LogP contribution < -0.4 is 5.32 Å². The summed E-state index contributed by atoms with van der Waals surface area (Å²) in [5, 5.41) is 10.2. The maximum absolute atomic E-state index is 12.7. The van der Waals surface area contributed by atoms with Crippen molar-refractivity contribution in [1.82, 2.24) is 30.0 Å². The summed E-state index contributed by atoms with van der Waals surface area (Å²) in [6.45, 7) is 4.70. The number of hydrogen-bond donors (Lipinski definition) is 2.